The Morgan fingerprint density at radius 1 is 1.33 bits per heavy atom. The van der Waals surface area contributed by atoms with E-state index >= 15 is 0 Å². The molecule has 0 amide bonds. The van der Waals surface area contributed by atoms with E-state index in [1.165, 1.54) is 6.07 Å². The average molecular weight is 408 g/mol. The molecule has 21 heavy (non-hydrogen) atoms. The smallest absolute Gasteiger partial charge is 0.189 e. The maximum atomic E-state index is 13.7. The summed E-state index contributed by atoms with van der Waals surface area (Å²) in [7, 11) is 3.82. The topological polar surface area (TPSA) is 53.6 Å². The van der Waals surface area contributed by atoms with E-state index in [0.29, 0.717) is 24.6 Å². The van der Waals surface area contributed by atoms with Gasteiger partial charge < -0.3 is 16.0 Å². The predicted molar refractivity (Wildman–Crippen MR) is 97.4 cm³/mol. The number of benzene rings is 1. The summed E-state index contributed by atoms with van der Waals surface area (Å²) in [5, 5.41) is 3.09. The van der Waals surface area contributed by atoms with Crippen molar-refractivity contribution in [3.05, 3.63) is 35.1 Å². The van der Waals surface area contributed by atoms with Gasteiger partial charge in [0.2, 0.25) is 0 Å². The van der Waals surface area contributed by atoms with Crippen molar-refractivity contribution in [3.8, 4) is 0 Å². The minimum absolute atomic E-state index is 0. The molecule has 0 radical (unpaired) electrons. The van der Waals surface area contributed by atoms with E-state index in [9.17, 15) is 4.39 Å². The molecule has 0 aromatic heterocycles. The SMILES string of the molecule is CN(C)Cc1cc(CN=C(N)NC(C)(C)C)ccc1F.I. The van der Waals surface area contributed by atoms with E-state index in [2.05, 4.69) is 10.3 Å². The summed E-state index contributed by atoms with van der Waals surface area (Å²) >= 11 is 0. The van der Waals surface area contributed by atoms with Crippen LogP contribution in [0.15, 0.2) is 23.2 Å². The maximum Gasteiger partial charge on any atom is 0.189 e. The van der Waals surface area contributed by atoms with Gasteiger partial charge in [-0.25, -0.2) is 9.38 Å². The van der Waals surface area contributed by atoms with Crippen molar-refractivity contribution in [2.45, 2.75) is 39.4 Å². The van der Waals surface area contributed by atoms with Crippen LogP contribution in [-0.2, 0) is 13.1 Å². The van der Waals surface area contributed by atoms with Gasteiger partial charge in [0.25, 0.3) is 0 Å². The molecule has 0 aliphatic heterocycles. The minimum Gasteiger partial charge on any atom is -0.370 e. The summed E-state index contributed by atoms with van der Waals surface area (Å²) in [6, 6.07) is 5.06. The Kier molecular flexibility index (Phi) is 8.17. The van der Waals surface area contributed by atoms with Gasteiger partial charge in [0, 0.05) is 17.6 Å². The molecule has 1 aromatic carbocycles. The monoisotopic (exact) mass is 408 g/mol. The van der Waals surface area contributed by atoms with Crippen molar-refractivity contribution < 1.29 is 4.39 Å². The third kappa shape index (κ3) is 8.21. The standard InChI is InChI=1S/C15H25FN4.HI/c1-15(2,3)19-14(17)18-9-11-6-7-13(16)12(8-11)10-20(4)5;/h6-8H,9-10H2,1-5H3,(H3,17,18,19);1H. The van der Waals surface area contributed by atoms with Gasteiger partial charge >= 0.3 is 0 Å². The normalized spacial score (nSPS) is 12.2. The third-order valence-electron chi connectivity index (χ3n) is 2.53. The molecular formula is C15H26FIN4. The average Bonchev–Trinajstić information content (AvgIpc) is 2.27. The molecule has 1 rings (SSSR count). The number of rotatable bonds is 4. The second-order valence-electron chi connectivity index (χ2n) is 6.24. The number of nitrogens with two attached hydrogens (primary N) is 1. The second-order valence-corrected chi connectivity index (χ2v) is 6.24. The number of halogens is 2. The molecular weight excluding hydrogens is 382 g/mol. The van der Waals surface area contributed by atoms with Crippen molar-refractivity contribution >= 4 is 29.9 Å². The van der Waals surface area contributed by atoms with E-state index in [-0.39, 0.29) is 35.3 Å². The quantitative estimate of drug-likeness (QED) is 0.458. The lowest BCUT2D eigenvalue weighted by Crippen LogP contribution is -2.44. The summed E-state index contributed by atoms with van der Waals surface area (Å²) in [5.41, 5.74) is 7.31. The van der Waals surface area contributed by atoms with Crippen LogP contribution < -0.4 is 11.1 Å². The van der Waals surface area contributed by atoms with Gasteiger partial charge in [-0.1, -0.05) is 6.07 Å². The molecule has 120 valence electrons. The highest BCUT2D eigenvalue weighted by atomic mass is 127. The van der Waals surface area contributed by atoms with Crippen molar-refractivity contribution in [1.82, 2.24) is 10.2 Å². The van der Waals surface area contributed by atoms with Gasteiger partial charge in [-0.05, 0) is 52.6 Å². The molecule has 0 saturated carbocycles. The van der Waals surface area contributed by atoms with E-state index in [1.54, 1.807) is 6.07 Å². The van der Waals surface area contributed by atoms with Crippen molar-refractivity contribution in [2.24, 2.45) is 10.7 Å². The fraction of sp³-hybridized carbons (Fsp3) is 0.533. The number of hydrogen-bond acceptors (Lipinski definition) is 2. The maximum absolute atomic E-state index is 13.7. The lowest BCUT2D eigenvalue weighted by Gasteiger charge is -2.21. The number of hydrogen-bond donors (Lipinski definition) is 2. The zero-order valence-electron chi connectivity index (χ0n) is 13.4. The van der Waals surface area contributed by atoms with Crippen LogP contribution in [0.4, 0.5) is 4.39 Å². The minimum atomic E-state index is -0.188. The highest BCUT2D eigenvalue weighted by molar-refractivity contribution is 14.0. The fourth-order valence-electron chi connectivity index (χ4n) is 1.79. The Bertz CT molecular complexity index is 481. The lowest BCUT2D eigenvalue weighted by atomic mass is 10.1. The summed E-state index contributed by atoms with van der Waals surface area (Å²) in [6.45, 7) is 7.06. The Balaban J connectivity index is 0.00000400. The molecule has 0 unspecified atom stereocenters. The van der Waals surface area contributed by atoms with Gasteiger partial charge in [-0.2, -0.15) is 0 Å². The number of nitrogens with one attached hydrogen (secondary N) is 1. The first kappa shape index (κ1) is 20.1. The molecule has 0 fully saturated rings. The molecule has 1 aromatic rings. The van der Waals surface area contributed by atoms with E-state index in [0.717, 1.165) is 5.56 Å². The third-order valence-corrected chi connectivity index (χ3v) is 2.53. The van der Waals surface area contributed by atoms with Crippen LogP contribution in [0.2, 0.25) is 0 Å². The van der Waals surface area contributed by atoms with Crippen molar-refractivity contribution in [3.63, 3.8) is 0 Å². The Morgan fingerprint density at radius 3 is 2.48 bits per heavy atom. The van der Waals surface area contributed by atoms with Crippen LogP contribution in [0.25, 0.3) is 0 Å². The van der Waals surface area contributed by atoms with Crippen LogP contribution in [0.5, 0.6) is 0 Å². The Labute approximate surface area is 144 Å². The molecule has 0 saturated heterocycles. The van der Waals surface area contributed by atoms with Crippen LogP contribution in [0.3, 0.4) is 0 Å². The summed E-state index contributed by atoms with van der Waals surface area (Å²) < 4.78 is 13.7. The molecule has 0 atom stereocenters. The molecule has 6 heteroatoms. The second kappa shape index (κ2) is 8.53. The molecule has 0 heterocycles. The molecule has 0 aliphatic carbocycles. The first-order valence-corrected chi connectivity index (χ1v) is 6.67. The van der Waals surface area contributed by atoms with Crippen LogP contribution in [0, 0.1) is 5.82 Å². The first-order chi connectivity index (χ1) is 9.17. The molecule has 3 N–H and O–H groups in total. The summed E-state index contributed by atoms with van der Waals surface area (Å²) in [5.74, 6) is 0.211. The molecule has 0 aliphatic rings. The van der Waals surface area contributed by atoms with Gasteiger partial charge in [0.05, 0.1) is 6.54 Å². The number of nitrogens with zero attached hydrogens (tertiary/aromatic N) is 2. The fourth-order valence-corrected chi connectivity index (χ4v) is 1.79. The Morgan fingerprint density at radius 2 is 1.95 bits per heavy atom. The molecule has 0 spiro atoms. The zero-order chi connectivity index (χ0) is 15.3. The molecule has 0 bridgehead atoms. The van der Waals surface area contributed by atoms with Gasteiger partial charge in [0.15, 0.2) is 5.96 Å². The predicted octanol–water partition coefficient (Wildman–Crippen LogP) is 2.71. The number of guanidine groups is 1. The molecule has 4 nitrogen and oxygen atoms in total. The van der Waals surface area contributed by atoms with Crippen LogP contribution in [0.1, 0.15) is 31.9 Å². The first-order valence-electron chi connectivity index (χ1n) is 6.67. The lowest BCUT2D eigenvalue weighted by molar-refractivity contribution is 0.392. The van der Waals surface area contributed by atoms with Crippen LogP contribution in [-0.4, -0.2) is 30.5 Å². The van der Waals surface area contributed by atoms with Crippen molar-refractivity contribution in [1.29, 1.82) is 0 Å². The summed E-state index contributed by atoms with van der Waals surface area (Å²) in [4.78, 5) is 6.21. The van der Waals surface area contributed by atoms with Gasteiger partial charge in [-0.3, -0.25) is 0 Å². The highest BCUT2D eigenvalue weighted by Crippen LogP contribution is 2.13. The summed E-state index contributed by atoms with van der Waals surface area (Å²) in [6.07, 6.45) is 0. The van der Waals surface area contributed by atoms with E-state index < -0.39 is 0 Å². The van der Waals surface area contributed by atoms with Crippen LogP contribution >= 0.6 is 24.0 Å². The number of aliphatic imine (C=N–C) groups is 1. The Hall–Kier alpha value is -0.890. The highest BCUT2D eigenvalue weighted by Gasteiger charge is 2.10. The zero-order valence-corrected chi connectivity index (χ0v) is 15.7. The van der Waals surface area contributed by atoms with Gasteiger partial charge in [-0.15, -0.1) is 24.0 Å². The van der Waals surface area contributed by atoms with Gasteiger partial charge in [0.1, 0.15) is 5.82 Å². The van der Waals surface area contributed by atoms with E-state index in [4.69, 9.17) is 5.73 Å². The van der Waals surface area contributed by atoms with E-state index in [1.807, 2.05) is 45.8 Å². The van der Waals surface area contributed by atoms with Crippen molar-refractivity contribution in [2.75, 3.05) is 14.1 Å². The largest absolute Gasteiger partial charge is 0.370 e.